The first-order valence-electron chi connectivity index (χ1n) is 5.82. The zero-order chi connectivity index (χ0) is 12.3. The molecule has 2 atom stereocenters. The molecular formula is C16H16F. The highest BCUT2D eigenvalue weighted by atomic mass is 19.1. The minimum absolute atomic E-state index is 0.197. The Labute approximate surface area is 102 Å². The molecule has 0 aliphatic carbocycles. The van der Waals surface area contributed by atoms with Crippen LogP contribution in [-0.4, -0.2) is 0 Å². The number of rotatable bonds is 3. The summed E-state index contributed by atoms with van der Waals surface area (Å²) in [5.74, 6) is 0.261. The van der Waals surface area contributed by atoms with E-state index in [-0.39, 0.29) is 17.7 Å². The summed E-state index contributed by atoms with van der Waals surface area (Å²) in [5.41, 5.74) is 2.33. The summed E-state index contributed by atoms with van der Waals surface area (Å²) < 4.78 is 12.9. The van der Waals surface area contributed by atoms with Gasteiger partial charge in [-0.1, -0.05) is 49.4 Å². The first kappa shape index (κ1) is 11.8. The zero-order valence-corrected chi connectivity index (χ0v) is 9.94. The van der Waals surface area contributed by atoms with Crippen molar-refractivity contribution in [2.75, 3.05) is 0 Å². The summed E-state index contributed by atoms with van der Waals surface area (Å²) in [7, 11) is 0. The second-order valence-corrected chi connectivity index (χ2v) is 4.42. The summed E-state index contributed by atoms with van der Waals surface area (Å²) in [6, 6.07) is 16.9. The van der Waals surface area contributed by atoms with Gasteiger partial charge in [-0.05, 0) is 36.1 Å². The van der Waals surface area contributed by atoms with Gasteiger partial charge >= 0.3 is 0 Å². The Balaban J connectivity index is 2.39. The van der Waals surface area contributed by atoms with Crippen molar-refractivity contribution in [2.45, 2.75) is 12.8 Å². The van der Waals surface area contributed by atoms with E-state index in [1.807, 2.05) is 30.3 Å². The van der Waals surface area contributed by atoms with Gasteiger partial charge in [0.05, 0.1) is 0 Å². The molecule has 2 unspecified atom stereocenters. The highest BCUT2D eigenvalue weighted by Crippen LogP contribution is 2.31. The van der Waals surface area contributed by atoms with Crippen LogP contribution >= 0.6 is 0 Å². The first-order valence-corrected chi connectivity index (χ1v) is 5.82. The van der Waals surface area contributed by atoms with Crippen LogP contribution in [-0.2, 0) is 0 Å². The molecule has 0 spiro atoms. The molecule has 2 aromatic rings. The fourth-order valence-electron chi connectivity index (χ4n) is 2.18. The molecule has 1 heteroatoms. The van der Waals surface area contributed by atoms with Crippen molar-refractivity contribution in [3.05, 3.63) is 78.5 Å². The van der Waals surface area contributed by atoms with E-state index in [0.29, 0.717) is 0 Å². The maximum absolute atomic E-state index is 12.9. The molecule has 17 heavy (non-hydrogen) atoms. The molecule has 0 heterocycles. The van der Waals surface area contributed by atoms with E-state index in [4.69, 9.17) is 0 Å². The van der Waals surface area contributed by atoms with E-state index in [1.54, 1.807) is 0 Å². The van der Waals surface area contributed by atoms with Crippen molar-refractivity contribution in [3.63, 3.8) is 0 Å². The molecule has 0 N–H and O–H groups in total. The van der Waals surface area contributed by atoms with E-state index in [2.05, 4.69) is 26.0 Å². The lowest BCUT2D eigenvalue weighted by Crippen LogP contribution is -2.08. The maximum Gasteiger partial charge on any atom is 0.123 e. The van der Waals surface area contributed by atoms with Crippen LogP contribution in [0.15, 0.2) is 54.6 Å². The summed E-state index contributed by atoms with van der Waals surface area (Å²) in [4.78, 5) is 0. The zero-order valence-electron chi connectivity index (χ0n) is 9.94. The number of hydrogen-bond donors (Lipinski definition) is 0. The van der Waals surface area contributed by atoms with Gasteiger partial charge in [0.2, 0.25) is 0 Å². The average Bonchev–Trinajstić information content (AvgIpc) is 2.33. The van der Waals surface area contributed by atoms with Gasteiger partial charge < -0.3 is 0 Å². The number of benzene rings is 2. The Morgan fingerprint density at radius 1 is 0.882 bits per heavy atom. The molecule has 0 aliphatic heterocycles. The van der Waals surface area contributed by atoms with E-state index in [1.165, 1.54) is 17.7 Å². The molecule has 0 nitrogen and oxygen atoms in total. The summed E-state index contributed by atoms with van der Waals surface area (Å²) in [6.45, 7) is 6.20. The molecule has 0 fully saturated rings. The molecule has 0 aromatic heterocycles. The van der Waals surface area contributed by atoms with Gasteiger partial charge in [-0.2, -0.15) is 0 Å². The molecule has 1 radical (unpaired) electrons. The first-order chi connectivity index (χ1) is 8.18. The molecule has 0 saturated heterocycles. The van der Waals surface area contributed by atoms with Crippen molar-refractivity contribution in [2.24, 2.45) is 5.92 Å². The lowest BCUT2D eigenvalue weighted by Gasteiger charge is -2.21. The van der Waals surface area contributed by atoms with Crippen LogP contribution in [0, 0.1) is 18.7 Å². The van der Waals surface area contributed by atoms with Crippen LogP contribution in [0.1, 0.15) is 24.0 Å². The van der Waals surface area contributed by atoms with Gasteiger partial charge in [0, 0.05) is 5.92 Å². The molecule has 0 aliphatic rings. The minimum Gasteiger partial charge on any atom is -0.207 e. The smallest absolute Gasteiger partial charge is 0.123 e. The second kappa shape index (κ2) is 5.13. The third-order valence-corrected chi connectivity index (χ3v) is 2.96. The lowest BCUT2D eigenvalue weighted by molar-refractivity contribution is 0.608. The van der Waals surface area contributed by atoms with Crippen molar-refractivity contribution in [1.82, 2.24) is 0 Å². The highest BCUT2D eigenvalue weighted by Gasteiger charge is 2.17. The minimum atomic E-state index is -0.197. The average molecular weight is 227 g/mol. The third-order valence-electron chi connectivity index (χ3n) is 2.96. The second-order valence-electron chi connectivity index (χ2n) is 4.42. The van der Waals surface area contributed by atoms with E-state index < -0.39 is 0 Å². The van der Waals surface area contributed by atoms with Crippen LogP contribution < -0.4 is 0 Å². The molecule has 0 saturated carbocycles. The molecular weight excluding hydrogens is 211 g/mol. The Kier molecular flexibility index (Phi) is 3.58. The van der Waals surface area contributed by atoms with Crippen LogP contribution in [0.25, 0.3) is 0 Å². The Hall–Kier alpha value is -1.63. The van der Waals surface area contributed by atoms with Gasteiger partial charge in [-0.15, -0.1) is 0 Å². The standard InChI is InChI=1S/C16H16F/c1-12(2)16(13-6-4-3-5-7-13)14-8-10-15(17)11-9-14/h3-12,16H,1H2,2H3. The van der Waals surface area contributed by atoms with E-state index in [0.717, 1.165) is 5.56 Å². The van der Waals surface area contributed by atoms with Crippen LogP contribution in [0.4, 0.5) is 4.39 Å². The van der Waals surface area contributed by atoms with Gasteiger partial charge in [-0.3, -0.25) is 0 Å². The van der Waals surface area contributed by atoms with Crippen molar-refractivity contribution >= 4 is 0 Å². The van der Waals surface area contributed by atoms with Crippen molar-refractivity contribution in [3.8, 4) is 0 Å². The quantitative estimate of drug-likeness (QED) is 0.727. The lowest BCUT2D eigenvalue weighted by atomic mass is 9.83. The van der Waals surface area contributed by atoms with Crippen LogP contribution in [0.2, 0.25) is 0 Å². The summed E-state index contributed by atoms with van der Waals surface area (Å²) >= 11 is 0. The normalized spacial score (nSPS) is 12.7. The highest BCUT2D eigenvalue weighted by molar-refractivity contribution is 5.33. The number of halogens is 1. The molecule has 2 rings (SSSR count). The topological polar surface area (TPSA) is 0 Å². The predicted molar refractivity (Wildman–Crippen MR) is 69.2 cm³/mol. The summed E-state index contributed by atoms with van der Waals surface area (Å²) in [5, 5.41) is 0. The van der Waals surface area contributed by atoms with E-state index >= 15 is 0 Å². The van der Waals surface area contributed by atoms with Gasteiger partial charge in [0.25, 0.3) is 0 Å². The largest absolute Gasteiger partial charge is 0.207 e. The summed E-state index contributed by atoms with van der Waals surface area (Å²) in [6.07, 6.45) is 0. The van der Waals surface area contributed by atoms with Gasteiger partial charge in [0.1, 0.15) is 5.82 Å². The molecule has 2 aromatic carbocycles. The Bertz CT molecular complexity index is 457. The van der Waals surface area contributed by atoms with Crippen LogP contribution in [0.5, 0.6) is 0 Å². The Morgan fingerprint density at radius 2 is 1.41 bits per heavy atom. The third kappa shape index (κ3) is 2.73. The fourth-order valence-corrected chi connectivity index (χ4v) is 2.18. The fraction of sp³-hybridized carbons (Fsp3) is 0.188. The molecule has 0 amide bonds. The van der Waals surface area contributed by atoms with Crippen molar-refractivity contribution in [1.29, 1.82) is 0 Å². The number of hydrogen-bond acceptors (Lipinski definition) is 0. The predicted octanol–water partition coefficient (Wildman–Crippen LogP) is 4.43. The van der Waals surface area contributed by atoms with Gasteiger partial charge in [0.15, 0.2) is 0 Å². The Morgan fingerprint density at radius 3 is 1.94 bits per heavy atom. The monoisotopic (exact) mass is 227 g/mol. The SMILES string of the molecule is [CH2]C(C)C(c1ccccc1)c1ccc(F)cc1. The van der Waals surface area contributed by atoms with Crippen LogP contribution in [0.3, 0.4) is 0 Å². The molecule has 0 bridgehead atoms. The van der Waals surface area contributed by atoms with Gasteiger partial charge in [-0.25, -0.2) is 4.39 Å². The maximum atomic E-state index is 12.9. The molecule has 87 valence electrons. The van der Waals surface area contributed by atoms with E-state index in [9.17, 15) is 4.39 Å². The van der Waals surface area contributed by atoms with Crippen molar-refractivity contribution < 1.29 is 4.39 Å².